The zero-order chi connectivity index (χ0) is 13.8. The van der Waals surface area contributed by atoms with E-state index in [-0.39, 0.29) is 11.9 Å². The molecule has 4 heteroatoms. The molecule has 1 aliphatic rings. The van der Waals surface area contributed by atoms with Crippen molar-refractivity contribution in [3.05, 3.63) is 29.6 Å². The standard InChI is InChI=1S/C15H22FNO2/c1-17(13-4-6-14(18)7-5-13)10-11-9-12(16)3-8-15(11)19-2/h3,8-9,13-14,18H,4-7,10H2,1-2H3. The third-order valence-corrected chi connectivity index (χ3v) is 3.95. The van der Waals surface area contributed by atoms with E-state index in [4.69, 9.17) is 4.74 Å². The van der Waals surface area contributed by atoms with Gasteiger partial charge in [0.15, 0.2) is 0 Å². The van der Waals surface area contributed by atoms with E-state index in [1.165, 1.54) is 12.1 Å². The molecule has 0 aromatic heterocycles. The Labute approximate surface area is 114 Å². The molecule has 3 nitrogen and oxygen atoms in total. The quantitative estimate of drug-likeness (QED) is 0.910. The van der Waals surface area contributed by atoms with Gasteiger partial charge in [0.1, 0.15) is 11.6 Å². The Kier molecular flexibility index (Phi) is 4.77. The fraction of sp³-hybridized carbons (Fsp3) is 0.600. The summed E-state index contributed by atoms with van der Waals surface area (Å²) < 4.78 is 18.6. The zero-order valence-corrected chi connectivity index (χ0v) is 11.6. The number of rotatable bonds is 4. The summed E-state index contributed by atoms with van der Waals surface area (Å²) in [5.74, 6) is 0.493. The summed E-state index contributed by atoms with van der Waals surface area (Å²) in [6.07, 6.45) is 3.56. The van der Waals surface area contributed by atoms with Crippen molar-refractivity contribution >= 4 is 0 Å². The fourth-order valence-corrected chi connectivity index (χ4v) is 2.77. The lowest BCUT2D eigenvalue weighted by Crippen LogP contribution is -2.36. The Morgan fingerprint density at radius 3 is 2.63 bits per heavy atom. The van der Waals surface area contributed by atoms with E-state index in [1.807, 2.05) is 7.05 Å². The zero-order valence-electron chi connectivity index (χ0n) is 11.6. The van der Waals surface area contributed by atoms with Gasteiger partial charge in [0.25, 0.3) is 0 Å². The highest BCUT2D eigenvalue weighted by molar-refractivity contribution is 5.33. The largest absolute Gasteiger partial charge is 0.496 e. The monoisotopic (exact) mass is 267 g/mol. The van der Waals surface area contributed by atoms with Gasteiger partial charge in [0.05, 0.1) is 13.2 Å². The number of nitrogens with zero attached hydrogens (tertiary/aromatic N) is 1. The van der Waals surface area contributed by atoms with Gasteiger partial charge < -0.3 is 9.84 Å². The predicted molar refractivity (Wildman–Crippen MR) is 72.7 cm³/mol. The van der Waals surface area contributed by atoms with Crippen molar-refractivity contribution in [3.8, 4) is 5.75 Å². The highest BCUT2D eigenvalue weighted by Crippen LogP contribution is 2.26. The first-order valence-corrected chi connectivity index (χ1v) is 6.81. The Morgan fingerprint density at radius 1 is 1.32 bits per heavy atom. The molecule has 0 radical (unpaired) electrons. The summed E-state index contributed by atoms with van der Waals surface area (Å²) >= 11 is 0. The van der Waals surface area contributed by atoms with Gasteiger partial charge in [-0.3, -0.25) is 4.90 Å². The van der Waals surface area contributed by atoms with Crippen LogP contribution in [-0.2, 0) is 6.54 Å². The predicted octanol–water partition coefficient (Wildman–Crippen LogP) is 2.57. The highest BCUT2D eigenvalue weighted by Gasteiger charge is 2.23. The summed E-state index contributed by atoms with van der Waals surface area (Å²) in [7, 11) is 3.65. The number of methoxy groups -OCH3 is 1. The second-order valence-corrected chi connectivity index (χ2v) is 5.33. The number of aliphatic hydroxyl groups excluding tert-OH is 1. The van der Waals surface area contributed by atoms with Gasteiger partial charge in [-0.05, 0) is 50.9 Å². The molecule has 1 saturated carbocycles. The third kappa shape index (κ3) is 3.67. The fourth-order valence-electron chi connectivity index (χ4n) is 2.77. The van der Waals surface area contributed by atoms with E-state index in [0.29, 0.717) is 12.6 Å². The van der Waals surface area contributed by atoms with E-state index in [9.17, 15) is 9.50 Å². The van der Waals surface area contributed by atoms with Gasteiger partial charge in [0, 0.05) is 18.2 Å². The third-order valence-electron chi connectivity index (χ3n) is 3.95. The summed E-state index contributed by atoms with van der Waals surface area (Å²) in [5.41, 5.74) is 0.871. The molecule has 0 aliphatic heterocycles. The maximum atomic E-state index is 13.3. The Bertz CT molecular complexity index is 417. The summed E-state index contributed by atoms with van der Waals surface area (Å²) in [5, 5.41) is 9.53. The average Bonchev–Trinajstić information content (AvgIpc) is 2.39. The van der Waals surface area contributed by atoms with Crippen molar-refractivity contribution in [2.24, 2.45) is 0 Å². The average molecular weight is 267 g/mol. The molecule has 0 bridgehead atoms. The van der Waals surface area contributed by atoms with Gasteiger partial charge in [-0.15, -0.1) is 0 Å². The minimum Gasteiger partial charge on any atom is -0.496 e. The van der Waals surface area contributed by atoms with Crippen molar-refractivity contribution < 1.29 is 14.2 Å². The Balaban J connectivity index is 2.02. The smallest absolute Gasteiger partial charge is 0.123 e. The van der Waals surface area contributed by atoms with Crippen molar-refractivity contribution in [2.75, 3.05) is 14.2 Å². The molecule has 0 atom stereocenters. The van der Waals surface area contributed by atoms with Crippen LogP contribution in [0.1, 0.15) is 31.2 Å². The molecular weight excluding hydrogens is 245 g/mol. The normalized spacial score (nSPS) is 23.6. The highest BCUT2D eigenvalue weighted by atomic mass is 19.1. The molecule has 1 N–H and O–H groups in total. The van der Waals surface area contributed by atoms with Crippen LogP contribution in [0.5, 0.6) is 5.75 Å². The van der Waals surface area contributed by atoms with Crippen LogP contribution in [-0.4, -0.2) is 36.3 Å². The number of aliphatic hydroxyl groups is 1. The summed E-state index contributed by atoms with van der Waals surface area (Å²) in [6.45, 7) is 0.668. The molecule has 1 aromatic rings. The Morgan fingerprint density at radius 2 is 2.00 bits per heavy atom. The van der Waals surface area contributed by atoms with E-state index in [2.05, 4.69) is 4.90 Å². The lowest BCUT2D eigenvalue weighted by Gasteiger charge is -2.33. The van der Waals surface area contributed by atoms with Gasteiger partial charge in [0.2, 0.25) is 0 Å². The van der Waals surface area contributed by atoms with Gasteiger partial charge >= 0.3 is 0 Å². The Hall–Kier alpha value is -1.13. The van der Waals surface area contributed by atoms with Crippen molar-refractivity contribution in [1.29, 1.82) is 0 Å². The van der Waals surface area contributed by atoms with Crippen LogP contribution in [0.15, 0.2) is 18.2 Å². The molecule has 0 amide bonds. The lowest BCUT2D eigenvalue weighted by atomic mass is 9.92. The van der Waals surface area contributed by atoms with E-state index >= 15 is 0 Å². The number of halogens is 1. The number of hydrogen-bond donors (Lipinski definition) is 1. The second kappa shape index (κ2) is 6.35. The maximum absolute atomic E-state index is 13.3. The van der Waals surface area contributed by atoms with Crippen LogP contribution < -0.4 is 4.74 Å². The van der Waals surface area contributed by atoms with Crippen LogP contribution in [0.4, 0.5) is 4.39 Å². The topological polar surface area (TPSA) is 32.7 Å². The van der Waals surface area contributed by atoms with Crippen molar-refractivity contribution in [3.63, 3.8) is 0 Å². The first-order valence-electron chi connectivity index (χ1n) is 6.81. The van der Waals surface area contributed by atoms with Crippen LogP contribution in [0.25, 0.3) is 0 Å². The van der Waals surface area contributed by atoms with Crippen LogP contribution >= 0.6 is 0 Å². The summed E-state index contributed by atoms with van der Waals surface area (Å²) in [4.78, 5) is 2.23. The minimum atomic E-state index is -0.233. The SMILES string of the molecule is COc1ccc(F)cc1CN(C)C1CCC(O)CC1. The number of hydrogen-bond acceptors (Lipinski definition) is 3. The lowest BCUT2D eigenvalue weighted by molar-refractivity contribution is 0.0815. The first-order chi connectivity index (χ1) is 9.10. The van der Waals surface area contributed by atoms with Gasteiger partial charge in [-0.25, -0.2) is 4.39 Å². The summed E-state index contributed by atoms with van der Waals surface area (Å²) in [6, 6.07) is 5.08. The molecule has 106 valence electrons. The van der Waals surface area contributed by atoms with E-state index in [1.54, 1.807) is 13.2 Å². The number of benzene rings is 1. The van der Waals surface area contributed by atoms with E-state index < -0.39 is 0 Å². The first kappa shape index (κ1) is 14.3. The molecule has 2 rings (SSSR count). The molecule has 1 aliphatic carbocycles. The molecular formula is C15H22FNO2. The molecule has 0 saturated heterocycles. The molecule has 1 aromatic carbocycles. The molecule has 0 heterocycles. The van der Waals surface area contributed by atoms with Gasteiger partial charge in [-0.2, -0.15) is 0 Å². The second-order valence-electron chi connectivity index (χ2n) is 5.33. The molecule has 0 unspecified atom stereocenters. The molecule has 1 fully saturated rings. The maximum Gasteiger partial charge on any atom is 0.123 e. The van der Waals surface area contributed by atoms with Crippen LogP contribution in [0.2, 0.25) is 0 Å². The van der Waals surface area contributed by atoms with Crippen molar-refractivity contribution in [2.45, 2.75) is 44.4 Å². The van der Waals surface area contributed by atoms with Crippen LogP contribution in [0.3, 0.4) is 0 Å². The van der Waals surface area contributed by atoms with Gasteiger partial charge in [-0.1, -0.05) is 0 Å². The van der Waals surface area contributed by atoms with Crippen LogP contribution in [0, 0.1) is 5.82 Å². The molecule has 0 spiro atoms. The van der Waals surface area contributed by atoms with Crippen molar-refractivity contribution in [1.82, 2.24) is 4.90 Å². The number of ether oxygens (including phenoxy) is 1. The van der Waals surface area contributed by atoms with E-state index in [0.717, 1.165) is 37.0 Å². The molecule has 19 heavy (non-hydrogen) atoms. The minimum absolute atomic E-state index is 0.145.